The summed E-state index contributed by atoms with van der Waals surface area (Å²) in [6.07, 6.45) is 2.65. The molecule has 2 heterocycles. The van der Waals surface area contributed by atoms with E-state index in [1.54, 1.807) is 4.90 Å². The number of aliphatic hydroxyl groups excluding tert-OH is 1. The Kier molecular flexibility index (Phi) is 3.07. The number of anilines is 1. The fraction of sp³-hybridized carbons (Fsp3) is 0.500. The lowest BCUT2D eigenvalue weighted by Gasteiger charge is -2.31. The molecule has 1 aliphatic rings. The van der Waals surface area contributed by atoms with Gasteiger partial charge in [-0.3, -0.25) is 0 Å². The maximum atomic E-state index is 13.5. The van der Waals surface area contributed by atoms with Gasteiger partial charge in [-0.05, 0) is 18.9 Å². The number of β-amino-alcohol motifs (C(OH)–C–C–N with tert-alkyl or cyclic N) is 1. The van der Waals surface area contributed by atoms with Crippen LogP contribution in [0.2, 0.25) is 5.02 Å². The Hall–Kier alpha value is -0.870. The summed E-state index contributed by atoms with van der Waals surface area (Å²) in [6, 6.07) is 1.24. The van der Waals surface area contributed by atoms with Crippen LogP contribution < -0.4 is 4.90 Å². The molecule has 0 saturated carbocycles. The average Bonchev–Trinajstić information content (AvgIpc) is 2.17. The highest BCUT2D eigenvalue weighted by Crippen LogP contribution is 2.22. The molecule has 0 aliphatic carbocycles. The monoisotopic (exact) mass is 230 g/mol. The third-order valence-corrected chi connectivity index (χ3v) is 2.69. The maximum Gasteiger partial charge on any atom is 0.167 e. The van der Waals surface area contributed by atoms with E-state index in [2.05, 4.69) is 4.98 Å². The van der Waals surface area contributed by atoms with Crippen LogP contribution >= 0.6 is 11.6 Å². The SMILES string of the molecule is O[C@H]1CCCN(c2ncc(Cl)cc2F)C1. The quantitative estimate of drug-likeness (QED) is 0.800. The van der Waals surface area contributed by atoms with Gasteiger partial charge in [-0.2, -0.15) is 0 Å². The largest absolute Gasteiger partial charge is 0.391 e. The van der Waals surface area contributed by atoms with Gasteiger partial charge < -0.3 is 10.0 Å². The topological polar surface area (TPSA) is 36.4 Å². The van der Waals surface area contributed by atoms with Crippen molar-refractivity contribution in [3.63, 3.8) is 0 Å². The molecule has 1 N–H and O–H groups in total. The van der Waals surface area contributed by atoms with Crippen molar-refractivity contribution in [3.8, 4) is 0 Å². The van der Waals surface area contributed by atoms with Gasteiger partial charge in [-0.25, -0.2) is 9.37 Å². The number of piperidine rings is 1. The van der Waals surface area contributed by atoms with E-state index >= 15 is 0 Å². The number of hydrogen-bond donors (Lipinski definition) is 1. The second-order valence-electron chi connectivity index (χ2n) is 3.70. The molecule has 0 radical (unpaired) electrons. The molecule has 0 amide bonds. The summed E-state index contributed by atoms with van der Waals surface area (Å²) >= 11 is 5.61. The molecule has 5 heteroatoms. The van der Waals surface area contributed by atoms with Crippen LogP contribution in [0.5, 0.6) is 0 Å². The van der Waals surface area contributed by atoms with E-state index in [0.717, 1.165) is 19.4 Å². The lowest BCUT2D eigenvalue weighted by molar-refractivity contribution is 0.153. The van der Waals surface area contributed by atoms with Crippen molar-refractivity contribution in [1.82, 2.24) is 4.98 Å². The molecule has 1 atom stereocenters. The predicted octanol–water partition coefficient (Wildman–Crippen LogP) is 1.84. The first-order valence-corrected chi connectivity index (χ1v) is 5.28. The Balaban J connectivity index is 2.21. The maximum absolute atomic E-state index is 13.5. The second kappa shape index (κ2) is 4.33. The van der Waals surface area contributed by atoms with Crippen molar-refractivity contribution in [1.29, 1.82) is 0 Å². The minimum Gasteiger partial charge on any atom is -0.391 e. The predicted molar refractivity (Wildman–Crippen MR) is 56.7 cm³/mol. The summed E-state index contributed by atoms with van der Waals surface area (Å²) in [5.41, 5.74) is 0. The highest BCUT2D eigenvalue weighted by atomic mass is 35.5. The van der Waals surface area contributed by atoms with Crippen LogP contribution in [0.25, 0.3) is 0 Å². The van der Waals surface area contributed by atoms with Crippen LogP contribution in [-0.2, 0) is 0 Å². The van der Waals surface area contributed by atoms with Crippen LogP contribution in [0.15, 0.2) is 12.3 Å². The molecule has 82 valence electrons. The zero-order valence-electron chi connectivity index (χ0n) is 8.16. The summed E-state index contributed by atoms with van der Waals surface area (Å²) in [5, 5.41) is 9.75. The molecule has 1 aromatic heterocycles. The van der Waals surface area contributed by atoms with Crippen molar-refractivity contribution in [2.75, 3.05) is 18.0 Å². The standard InChI is InChI=1S/C10H12ClFN2O/c11-7-4-9(12)10(13-5-7)14-3-1-2-8(15)6-14/h4-5,8,15H,1-3,6H2/t8-/m0/s1. The normalized spacial score (nSPS) is 21.8. The highest BCUT2D eigenvalue weighted by Gasteiger charge is 2.21. The van der Waals surface area contributed by atoms with Gasteiger partial charge in [0.1, 0.15) is 0 Å². The molecule has 1 aliphatic heterocycles. The molecule has 2 rings (SSSR count). The summed E-state index contributed by atoms with van der Waals surface area (Å²) in [6.45, 7) is 1.16. The third-order valence-electron chi connectivity index (χ3n) is 2.48. The van der Waals surface area contributed by atoms with Gasteiger partial charge in [0.05, 0.1) is 11.1 Å². The van der Waals surface area contributed by atoms with E-state index in [0.29, 0.717) is 6.54 Å². The smallest absolute Gasteiger partial charge is 0.167 e. The molecule has 15 heavy (non-hydrogen) atoms. The summed E-state index contributed by atoms with van der Waals surface area (Å²) in [7, 11) is 0. The Bertz CT molecular complexity index is 361. The Labute approximate surface area is 92.5 Å². The Morgan fingerprint density at radius 1 is 1.60 bits per heavy atom. The van der Waals surface area contributed by atoms with Gasteiger partial charge in [-0.1, -0.05) is 11.6 Å². The summed E-state index contributed by atoms with van der Waals surface area (Å²) < 4.78 is 13.5. The molecule has 3 nitrogen and oxygen atoms in total. The molecule has 0 unspecified atom stereocenters. The van der Waals surface area contributed by atoms with Gasteiger partial charge in [0, 0.05) is 19.3 Å². The Morgan fingerprint density at radius 2 is 2.40 bits per heavy atom. The molecule has 0 spiro atoms. The van der Waals surface area contributed by atoms with Gasteiger partial charge in [0.2, 0.25) is 0 Å². The zero-order valence-corrected chi connectivity index (χ0v) is 8.91. The van der Waals surface area contributed by atoms with Gasteiger partial charge in [0.15, 0.2) is 11.6 Å². The van der Waals surface area contributed by atoms with Crippen molar-refractivity contribution >= 4 is 17.4 Å². The van der Waals surface area contributed by atoms with Gasteiger partial charge in [0.25, 0.3) is 0 Å². The molecular weight excluding hydrogens is 219 g/mol. The number of nitrogens with zero attached hydrogens (tertiary/aromatic N) is 2. The van der Waals surface area contributed by atoms with E-state index in [1.165, 1.54) is 12.3 Å². The van der Waals surface area contributed by atoms with Crippen molar-refractivity contribution in [3.05, 3.63) is 23.1 Å². The lowest BCUT2D eigenvalue weighted by Crippen LogP contribution is -2.39. The molecule has 0 aromatic carbocycles. The van der Waals surface area contributed by atoms with Crippen molar-refractivity contribution in [2.45, 2.75) is 18.9 Å². The van der Waals surface area contributed by atoms with Crippen LogP contribution in [0.3, 0.4) is 0 Å². The minimum atomic E-state index is -0.434. The second-order valence-corrected chi connectivity index (χ2v) is 4.14. The molecule has 1 aromatic rings. The molecular formula is C10H12ClFN2O. The van der Waals surface area contributed by atoms with Crippen LogP contribution in [-0.4, -0.2) is 29.3 Å². The van der Waals surface area contributed by atoms with Crippen molar-refractivity contribution in [2.24, 2.45) is 0 Å². The summed E-state index contributed by atoms with van der Waals surface area (Å²) in [4.78, 5) is 5.69. The number of pyridine rings is 1. The number of rotatable bonds is 1. The zero-order chi connectivity index (χ0) is 10.8. The lowest BCUT2D eigenvalue weighted by atomic mass is 10.1. The average molecular weight is 231 g/mol. The Morgan fingerprint density at radius 3 is 3.07 bits per heavy atom. The number of hydrogen-bond acceptors (Lipinski definition) is 3. The van der Waals surface area contributed by atoms with Crippen LogP contribution in [0, 0.1) is 5.82 Å². The number of aromatic nitrogens is 1. The number of aliphatic hydroxyl groups is 1. The van der Waals surface area contributed by atoms with E-state index < -0.39 is 11.9 Å². The first-order chi connectivity index (χ1) is 7.16. The molecule has 0 bridgehead atoms. The first kappa shape index (κ1) is 10.6. The highest BCUT2D eigenvalue weighted by molar-refractivity contribution is 6.30. The number of halogens is 2. The summed E-state index contributed by atoms with van der Waals surface area (Å²) in [5.74, 6) is -0.158. The third kappa shape index (κ3) is 2.38. The first-order valence-electron chi connectivity index (χ1n) is 4.91. The van der Waals surface area contributed by atoms with Gasteiger partial charge in [-0.15, -0.1) is 0 Å². The minimum absolute atomic E-state index is 0.276. The van der Waals surface area contributed by atoms with E-state index in [9.17, 15) is 9.50 Å². The van der Waals surface area contributed by atoms with E-state index in [-0.39, 0.29) is 10.8 Å². The van der Waals surface area contributed by atoms with Gasteiger partial charge >= 0.3 is 0 Å². The molecule has 1 fully saturated rings. The fourth-order valence-corrected chi connectivity index (χ4v) is 1.93. The molecule has 1 saturated heterocycles. The van der Waals surface area contributed by atoms with E-state index in [4.69, 9.17) is 11.6 Å². The van der Waals surface area contributed by atoms with Crippen LogP contribution in [0.1, 0.15) is 12.8 Å². The fourth-order valence-electron chi connectivity index (χ4n) is 1.79. The van der Waals surface area contributed by atoms with E-state index in [1.807, 2.05) is 0 Å². The van der Waals surface area contributed by atoms with Crippen molar-refractivity contribution < 1.29 is 9.50 Å². The van der Waals surface area contributed by atoms with Crippen LogP contribution in [0.4, 0.5) is 10.2 Å².